The van der Waals surface area contributed by atoms with Crippen molar-refractivity contribution in [3.8, 4) is 11.4 Å². The molecule has 0 aliphatic carbocycles. The summed E-state index contributed by atoms with van der Waals surface area (Å²) in [5.74, 6) is 1.33. The van der Waals surface area contributed by atoms with E-state index in [9.17, 15) is 4.39 Å². The number of rotatable bonds is 2. The molecule has 1 atom stereocenters. The van der Waals surface area contributed by atoms with Gasteiger partial charge in [0.25, 0.3) is 0 Å². The van der Waals surface area contributed by atoms with Gasteiger partial charge >= 0.3 is 0 Å². The summed E-state index contributed by atoms with van der Waals surface area (Å²) in [6.45, 7) is 3.29. The monoisotopic (exact) mass is 296 g/mol. The van der Waals surface area contributed by atoms with E-state index in [-0.39, 0.29) is 5.82 Å². The minimum absolute atomic E-state index is 0.310. The highest BCUT2D eigenvalue weighted by Crippen LogP contribution is 2.26. The van der Waals surface area contributed by atoms with Crippen molar-refractivity contribution in [1.82, 2.24) is 15.0 Å². The molecule has 22 heavy (non-hydrogen) atoms. The molecule has 1 aliphatic rings. The first-order chi connectivity index (χ1) is 10.7. The zero-order valence-corrected chi connectivity index (χ0v) is 12.4. The Hall–Kier alpha value is -2.43. The maximum Gasteiger partial charge on any atom is 0.151 e. The number of pyridine rings is 1. The van der Waals surface area contributed by atoms with Crippen molar-refractivity contribution in [2.24, 2.45) is 0 Å². The van der Waals surface area contributed by atoms with Crippen LogP contribution in [-0.2, 0) is 0 Å². The Bertz CT molecular complexity index is 809. The van der Waals surface area contributed by atoms with E-state index in [0.29, 0.717) is 22.9 Å². The van der Waals surface area contributed by atoms with Gasteiger partial charge < -0.3 is 9.88 Å². The fourth-order valence-electron chi connectivity index (χ4n) is 3.10. The lowest BCUT2D eigenvalue weighted by Gasteiger charge is -2.22. The van der Waals surface area contributed by atoms with Crippen LogP contribution in [-0.4, -0.2) is 27.5 Å². The number of para-hydroxylation sites is 1. The Balaban J connectivity index is 1.68. The summed E-state index contributed by atoms with van der Waals surface area (Å²) in [5.41, 5.74) is 1.94. The first kappa shape index (κ1) is 13.2. The highest BCUT2D eigenvalue weighted by molar-refractivity contribution is 5.79. The molecular weight excluding hydrogens is 279 g/mol. The number of halogens is 1. The lowest BCUT2D eigenvalue weighted by Crippen LogP contribution is -2.26. The van der Waals surface area contributed by atoms with Crippen LogP contribution in [0.15, 0.2) is 36.5 Å². The van der Waals surface area contributed by atoms with Gasteiger partial charge in [-0.1, -0.05) is 6.07 Å². The molecule has 0 bridgehead atoms. The molecule has 1 aliphatic heterocycles. The van der Waals surface area contributed by atoms with Crippen molar-refractivity contribution in [1.29, 1.82) is 0 Å². The topological polar surface area (TPSA) is 44.8 Å². The van der Waals surface area contributed by atoms with Crippen molar-refractivity contribution in [2.45, 2.75) is 25.8 Å². The van der Waals surface area contributed by atoms with E-state index >= 15 is 0 Å². The predicted octanol–water partition coefficient (Wildman–Crippen LogP) is 3.75. The lowest BCUT2D eigenvalue weighted by atomic mass is 10.2. The Labute approximate surface area is 128 Å². The molecule has 112 valence electrons. The molecule has 4 nitrogen and oxygen atoms in total. The molecule has 0 spiro atoms. The summed E-state index contributed by atoms with van der Waals surface area (Å²) in [5, 5.41) is 0. The van der Waals surface area contributed by atoms with E-state index in [1.807, 2.05) is 18.2 Å². The van der Waals surface area contributed by atoms with Crippen molar-refractivity contribution in [3.63, 3.8) is 0 Å². The quantitative estimate of drug-likeness (QED) is 0.783. The molecule has 0 radical (unpaired) electrons. The Morgan fingerprint density at radius 2 is 2.18 bits per heavy atom. The number of fused-ring (bicyclic) bond motifs is 1. The van der Waals surface area contributed by atoms with Crippen molar-refractivity contribution < 1.29 is 4.39 Å². The third kappa shape index (κ3) is 2.13. The lowest BCUT2D eigenvalue weighted by molar-refractivity contribution is 0.637. The second-order valence-electron chi connectivity index (χ2n) is 5.81. The van der Waals surface area contributed by atoms with Crippen LogP contribution >= 0.6 is 0 Å². The van der Waals surface area contributed by atoms with Crippen molar-refractivity contribution in [2.75, 3.05) is 11.4 Å². The first-order valence-corrected chi connectivity index (χ1v) is 7.60. The SMILES string of the molecule is CC1CCCN1c1ccc(-c2nc3c(F)cccc3[nH]2)cn1. The average molecular weight is 296 g/mol. The number of anilines is 1. The smallest absolute Gasteiger partial charge is 0.151 e. The second kappa shape index (κ2) is 5.09. The largest absolute Gasteiger partial charge is 0.354 e. The van der Waals surface area contributed by atoms with E-state index in [4.69, 9.17) is 0 Å². The van der Waals surface area contributed by atoms with Crippen LogP contribution in [0.4, 0.5) is 10.2 Å². The molecule has 3 heterocycles. The van der Waals surface area contributed by atoms with Gasteiger partial charge in [0.05, 0.1) is 5.52 Å². The van der Waals surface area contributed by atoms with Gasteiger partial charge in [0, 0.05) is 24.3 Å². The standard InChI is InChI=1S/C17H17FN4/c1-11-4-3-9-22(11)15-8-7-12(10-19-15)17-20-14-6-2-5-13(18)16(14)21-17/h2,5-8,10-11H,3-4,9H2,1H3,(H,20,21). The molecule has 2 aromatic heterocycles. The number of nitrogens with one attached hydrogen (secondary N) is 1. The first-order valence-electron chi connectivity index (χ1n) is 7.60. The van der Waals surface area contributed by atoms with Gasteiger partial charge in [0.2, 0.25) is 0 Å². The summed E-state index contributed by atoms with van der Waals surface area (Å²) < 4.78 is 13.7. The molecule has 1 aromatic carbocycles. The number of aromatic nitrogens is 3. The third-order valence-corrected chi connectivity index (χ3v) is 4.33. The van der Waals surface area contributed by atoms with Gasteiger partial charge in [0.1, 0.15) is 17.2 Å². The minimum Gasteiger partial charge on any atom is -0.354 e. The molecule has 0 amide bonds. The van der Waals surface area contributed by atoms with E-state index in [0.717, 1.165) is 17.9 Å². The summed E-state index contributed by atoms with van der Waals surface area (Å²) in [4.78, 5) is 14.4. The summed E-state index contributed by atoms with van der Waals surface area (Å²) >= 11 is 0. The van der Waals surface area contributed by atoms with Gasteiger partial charge in [-0.2, -0.15) is 0 Å². The highest BCUT2D eigenvalue weighted by atomic mass is 19.1. The molecule has 5 heteroatoms. The Morgan fingerprint density at radius 1 is 1.27 bits per heavy atom. The zero-order chi connectivity index (χ0) is 15.1. The fourth-order valence-corrected chi connectivity index (χ4v) is 3.10. The van der Waals surface area contributed by atoms with E-state index in [2.05, 4.69) is 26.8 Å². The van der Waals surface area contributed by atoms with Gasteiger partial charge in [-0.15, -0.1) is 0 Å². The third-order valence-electron chi connectivity index (χ3n) is 4.33. The Kier molecular flexibility index (Phi) is 3.06. The maximum atomic E-state index is 13.7. The summed E-state index contributed by atoms with van der Waals surface area (Å²) in [7, 11) is 0. The van der Waals surface area contributed by atoms with Crippen LogP contribution in [0.3, 0.4) is 0 Å². The maximum absolute atomic E-state index is 13.7. The molecule has 1 unspecified atom stereocenters. The van der Waals surface area contributed by atoms with Crippen molar-refractivity contribution >= 4 is 16.9 Å². The molecule has 3 aromatic rings. The van der Waals surface area contributed by atoms with Crippen LogP contribution in [0, 0.1) is 5.82 Å². The summed E-state index contributed by atoms with van der Waals surface area (Å²) in [6.07, 6.45) is 4.23. The van der Waals surface area contributed by atoms with Crippen molar-refractivity contribution in [3.05, 3.63) is 42.3 Å². The number of imidazole rings is 1. The molecular formula is C17H17FN4. The number of hydrogen-bond acceptors (Lipinski definition) is 3. The number of aromatic amines is 1. The predicted molar refractivity (Wildman–Crippen MR) is 85.3 cm³/mol. The zero-order valence-electron chi connectivity index (χ0n) is 12.4. The fraction of sp³-hybridized carbons (Fsp3) is 0.294. The minimum atomic E-state index is -0.310. The van der Waals surface area contributed by atoms with E-state index in [1.54, 1.807) is 12.3 Å². The van der Waals surface area contributed by atoms with Gasteiger partial charge in [-0.05, 0) is 44.0 Å². The number of H-pyrrole nitrogens is 1. The normalized spacial score (nSPS) is 18.3. The van der Waals surface area contributed by atoms with Gasteiger partial charge in [0.15, 0.2) is 5.82 Å². The van der Waals surface area contributed by atoms with E-state index in [1.165, 1.54) is 18.9 Å². The highest BCUT2D eigenvalue weighted by Gasteiger charge is 2.21. The van der Waals surface area contributed by atoms with Crippen LogP contribution in [0.5, 0.6) is 0 Å². The molecule has 1 N–H and O–H groups in total. The number of hydrogen-bond donors (Lipinski definition) is 1. The second-order valence-corrected chi connectivity index (χ2v) is 5.81. The molecule has 1 saturated heterocycles. The number of nitrogens with zero attached hydrogens (tertiary/aromatic N) is 3. The van der Waals surface area contributed by atoms with E-state index < -0.39 is 0 Å². The van der Waals surface area contributed by atoms with Crippen LogP contribution in [0.25, 0.3) is 22.4 Å². The van der Waals surface area contributed by atoms with Gasteiger partial charge in [-0.3, -0.25) is 0 Å². The average Bonchev–Trinajstić information content (AvgIpc) is 3.14. The molecule has 0 saturated carbocycles. The van der Waals surface area contributed by atoms with Crippen LogP contribution < -0.4 is 4.90 Å². The van der Waals surface area contributed by atoms with Crippen LogP contribution in [0.1, 0.15) is 19.8 Å². The van der Waals surface area contributed by atoms with Crippen LogP contribution in [0.2, 0.25) is 0 Å². The number of benzene rings is 1. The molecule has 4 rings (SSSR count). The van der Waals surface area contributed by atoms with Gasteiger partial charge in [-0.25, -0.2) is 14.4 Å². The Morgan fingerprint density at radius 3 is 2.86 bits per heavy atom. The summed E-state index contributed by atoms with van der Waals surface area (Å²) in [6, 6.07) is 9.46. The molecule has 1 fully saturated rings.